The van der Waals surface area contributed by atoms with Crippen molar-refractivity contribution in [1.29, 1.82) is 0 Å². The molecule has 2 aromatic heterocycles. The summed E-state index contributed by atoms with van der Waals surface area (Å²) < 4.78 is 25.6. The second-order valence-electron chi connectivity index (χ2n) is 7.38. The lowest BCUT2D eigenvalue weighted by molar-refractivity contribution is 0.607. The molecule has 152 valence electrons. The SMILES string of the molecule is CS(=O)(=O)Nc1ccc2ccc3ncc(-c4cccc5cccnc45)cc3c(=O)c2c1. The largest absolute Gasteiger partial charge is 0.289 e. The van der Waals surface area contributed by atoms with Gasteiger partial charge in [0.15, 0.2) is 5.43 Å². The first-order valence-electron chi connectivity index (χ1n) is 9.58. The van der Waals surface area contributed by atoms with Crippen molar-refractivity contribution >= 4 is 48.3 Å². The molecule has 0 bridgehead atoms. The highest BCUT2D eigenvalue weighted by atomic mass is 32.2. The van der Waals surface area contributed by atoms with Gasteiger partial charge >= 0.3 is 0 Å². The van der Waals surface area contributed by atoms with Crippen molar-refractivity contribution in [3.05, 3.63) is 89.3 Å². The Hall–Kier alpha value is -3.84. The minimum Gasteiger partial charge on any atom is -0.289 e. The molecule has 0 aliphatic rings. The zero-order valence-electron chi connectivity index (χ0n) is 16.5. The number of hydrogen-bond donors (Lipinski definition) is 1. The minimum absolute atomic E-state index is 0.213. The van der Waals surface area contributed by atoms with Gasteiger partial charge in [-0.05, 0) is 35.7 Å². The Bertz CT molecular complexity index is 1660. The van der Waals surface area contributed by atoms with Gasteiger partial charge in [-0.15, -0.1) is 0 Å². The van der Waals surface area contributed by atoms with E-state index >= 15 is 0 Å². The van der Waals surface area contributed by atoms with E-state index < -0.39 is 10.0 Å². The van der Waals surface area contributed by atoms with Gasteiger partial charge < -0.3 is 0 Å². The molecule has 1 N–H and O–H groups in total. The molecule has 2 heterocycles. The molecular formula is C24H17N3O3S. The lowest BCUT2D eigenvalue weighted by Gasteiger charge is -2.06. The predicted molar refractivity (Wildman–Crippen MR) is 125 cm³/mol. The first kappa shape index (κ1) is 19.1. The van der Waals surface area contributed by atoms with Gasteiger partial charge in [0.05, 0.1) is 17.3 Å². The van der Waals surface area contributed by atoms with Crippen molar-refractivity contribution in [2.75, 3.05) is 11.0 Å². The highest BCUT2D eigenvalue weighted by molar-refractivity contribution is 7.92. The van der Waals surface area contributed by atoms with Crippen LogP contribution in [0.25, 0.3) is 43.7 Å². The van der Waals surface area contributed by atoms with E-state index in [-0.39, 0.29) is 5.43 Å². The first-order valence-corrected chi connectivity index (χ1v) is 11.5. The van der Waals surface area contributed by atoms with Crippen LogP contribution in [0, 0.1) is 0 Å². The molecule has 0 radical (unpaired) electrons. The summed E-state index contributed by atoms with van der Waals surface area (Å²) in [4.78, 5) is 22.4. The molecule has 0 saturated heterocycles. The Morgan fingerprint density at radius 2 is 1.65 bits per heavy atom. The van der Waals surface area contributed by atoms with Crippen LogP contribution in [0.3, 0.4) is 0 Å². The average molecular weight is 427 g/mol. The third-order valence-electron chi connectivity index (χ3n) is 5.13. The van der Waals surface area contributed by atoms with Gasteiger partial charge in [0.1, 0.15) is 0 Å². The number of pyridine rings is 2. The fraction of sp³-hybridized carbons (Fsp3) is 0.0417. The Morgan fingerprint density at radius 1 is 0.839 bits per heavy atom. The van der Waals surface area contributed by atoms with Gasteiger partial charge in [-0.3, -0.25) is 19.5 Å². The van der Waals surface area contributed by atoms with Crippen LogP contribution >= 0.6 is 0 Å². The van der Waals surface area contributed by atoms with E-state index in [0.717, 1.165) is 28.3 Å². The van der Waals surface area contributed by atoms with E-state index in [4.69, 9.17) is 0 Å². The Labute approximate surface area is 178 Å². The average Bonchev–Trinajstić information content (AvgIpc) is 2.89. The fourth-order valence-corrected chi connectivity index (χ4v) is 4.32. The number of para-hydroxylation sites is 1. The third kappa shape index (κ3) is 3.60. The fourth-order valence-electron chi connectivity index (χ4n) is 3.76. The van der Waals surface area contributed by atoms with Crippen molar-refractivity contribution in [1.82, 2.24) is 9.97 Å². The number of aromatic nitrogens is 2. The van der Waals surface area contributed by atoms with Crippen LogP contribution in [0.2, 0.25) is 0 Å². The number of nitrogens with one attached hydrogen (secondary N) is 1. The number of benzene rings is 2. The quantitative estimate of drug-likeness (QED) is 0.463. The highest BCUT2D eigenvalue weighted by Gasteiger charge is 2.10. The summed E-state index contributed by atoms with van der Waals surface area (Å²) in [6.45, 7) is 0. The number of fused-ring (bicyclic) bond motifs is 3. The van der Waals surface area contributed by atoms with E-state index in [1.165, 1.54) is 0 Å². The molecule has 0 amide bonds. The summed E-state index contributed by atoms with van der Waals surface area (Å²) in [5, 5.41) is 2.58. The Morgan fingerprint density at radius 3 is 2.48 bits per heavy atom. The first-order chi connectivity index (χ1) is 14.9. The summed E-state index contributed by atoms with van der Waals surface area (Å²) in [6.07, 6.45) is 4.56. The Balaban J connectivity index is 1.78. The van der Waals surface area contributed by atoms with Crippen LogP contribution in [0.1, 0.15) is 0 Å². The molecule has 7 heteroatoms. The van der Waals surface area contributed by atoms with Crippen molar-refractivity contribution in [3.8, 4) is 11.1 Å². The van der Waals surface area contributed by atoms with Gasteiger partial charge in [0, 0.05) is 45.4 Å². The third-order valence-corrected chi connectivity index (χ3v) is 5.74. The molecule has 31 heavy (non-hydrogen) atoms. The molecule has 0 aliphatic heterocycles. The van der Waals surface area contributed by atoms with E-state index in [2.05, 4.69) is 14.7 Å². The molecule has 6 nitrogen and oxygen atoms in total. The molecule has 0 spiro atoms. The normalized spacial score (nSPS) is 11.8. The molecule has 0 atom stereocenters. The molecule has 0 unspecified atom stereocenters. The molecule has 5 rings (SSSR count). The molecule has 3 aromatic carbocycles. The summed E-state index contributed by atoms with van der Waals surface area (Å²) >= 11 is 0. The molecule has 5 aromatic rings. The molecular weight excluding hydrogens is 410 g/mol. The van der Waals surface area contributed by atoms with Gasteiger partial charge in [-0.25, -0.2) is 8.42 Å². The zero-order chi connectivity index (χ0) is 21.6. The topological polar surface area (TPSA) is 89.0 Å². The number of sulfonamides is 1. The van der Waals surface area contributed by atoms with Crippen molar-refractivity contribution in [3.63, 3.8) is 0 Å². The number of nitrogens with zero attached hydrogens (tertiary/aromatic N) is 2. The summed E-state index contributed by atoms with van der Waals surface area (Å²) in [5.41, 5.74) is 3.21. The van der Waals surface area contributed by atoms with Gasteiger partial charge in [0.2, 0.25) is 10.0 Å². The van der Waals surface area contributed by atoms with Gasteiger partial charge in [-0.1, -0.05) is 36.4 Å². The number of rotatable bonds is 3. The van der Waals surface area contributed by atoms with Gasteiger partial charge in [-0.2, -0.15) is 0 Å². The zero-order valence-corrected chi connectivity index (χ0v) is 17.3. The molecule has 0 fully saturated rings. The minimum atomic E-state index is -3.45. The maximum atomic E-state index is 13.4. The maximum Gasteiger partial charge on any atom is 0.229 e. The second-order valence-corrected chi connectivity index (χ2v) is 9.12. The van der Waals surface area contributed by atoms with Crippen molar-refractivity contribution in [2.24, 2.45) is 0 Å². The van der Waals surface area contributed by atoms with Crippen LogP contribution in [0.4, 0.5) is 5.69 Å². The van der Waals surface area contributed by atoms with Crippen molar-refractivity contribution in [2.45, 2.75) is 0 Å². The predicted octanol–water partition coefficient (Wildman–Crippen LogP) is 4.33. The lowest BCUT2D eigenvalue weighted by atomic mass is 10.0. The van der Waals surface area contributed by atoms with Crippen LogP contribution in [-0.4, -0.2) is 24.6 Å². The lowest BCUT2D eigenvalue weighted by Crippen LogP contribution is -2.10. The van der Waals surface area contributed by atoms with Gasteiger partial charge in [0.25, 0.3) is 0 Å². The monoisotopic (exact) mass is 427 g/mol. The van der Waals surface area contributed by atoms with Crippen molar-refractivity contribution < 1.29 is 8.42 Å². The summed E-state index contributed by atoms with van der Waals surface area (Å²) in [6, 6.07) is 20.1. The van der Waals surface area contributed by atoms with Crippen LogP contribution < -0.4 is 10.2 Å². The van der Waals surface area contributed by atoms with Crippen LogP contribution in [-0.2, 0) is 10.0 Å². The Kier molecular flexibility index (Phi) is 4.41. The smallest absolute Gasteiger partial charge is 0.229 e. The van der Waals surface area contributed by atoms with Crippen LogP contribution in [0.5, 0.6) is 0 Å². The standard InChI is InChI=1S/C24H17N3O3S/c1-31(29,30)27-18-9-7-15-8-10-22-21(24(28)20(15)13-18)12-17(14-26-22)19-6-2-4-16-5-3-11-25-23(16)19/h2-14,27H,1H3. The van der Waals surface area contributed by atoms with E-state index in [9.17, 15) is 13.2 Å². The van der Waals surface area contributed by atoms with E-state index in [0.29, 0.717) is 27.4 Å². The van der Waals surface area contributed by atoms with E-state index in [1.54, 1.807) is 36.7 Å². The number of hydrogen-bond acceptors (Lipinski definition) is 5. The van der Waals surface area contributed by atoms with E-state index in [1.807, 2.05) is 42.5 Å². The maximum absolute atomic E-state index is 13.4. The molecule has 0 saturated carbocycles. The summed E-state index contributed by atoms with van der Waals surface area (Å²) in [5.74, 6) is 0. The van der Waals surface area contributed by atoms with Crippen LogP contribution in [0.15, 0.2) is 83.9 Å². The highest BCUT2D eigenvalue weighted by Crippen LogP contribution is 2.28. The second kappa shape index (κ2) is 7.14. The summed E-state index contributed by atoms with van der Waals surface area (Å²) in [7, 11) is -3.45. The molecule has 0 aliphatic carbocycles. The number of anilines is 1.